The number of nitrogens with zero attached hydrogens (tertiary/aromatic N) is 1. The van der Waals surface area contributed by atoms with Crippen molar-refractivity contribution in [3.8, 4) is 0 Å². The van der Waals surface area contributed by atoms with Gasteiger partial charge in [-0.15, -0.1) is 0 Å². The third kappa shape index (κ3) is 4.54. The van der Waals surface area contributed by atoms with Gasteiger partial charge in [0.2, 0.25) is 0 Å². The van der Waals surface area contributed by atoms with Gasteiger partial charge in [-0.3, -0.25) is 9.78 Å². The number of amides is 1. The first kappa shape index (κ1) is 19.1. The highest BCUT2D eigenvalue weighted by Crippen LogP contribution is 2.20. The monoisotopic (exact) mass is 375 g/mol. The number of carbonyl (C=O) groups is 2. The lowest BCUT2D eigenvalue weighted by Crippen LogP contribution is -2.17. The number of carbonyl (C=O) groups excluding carboxylic acids is 2. The Kier molecular flexibility index (Phi) is 6.01. The van der Waals surface area contributed by atoms with Crippen molar-refractivity contribution in [2.75, 3.05) is 17.7 Å². The minimum atomic E-state index is -0.518. The van der Waals surface area contributed by atoms with E-state index in [1.54, 1.807) is 42.6 Å². The van der Waals surface area contributed by atoms with Crippen molar-refractivity contribution in [1.82, 2.24) is 4.98 Å². The molecule has 1 unspecified atom stereocenters. The molecular formula is C22H21N3O3. The van der Waals surface area contributed by atoms with E-state index in [-0.39, 0.29) is 17.3 Å². The zero-order chi connectivity index (χ0) is 19.9. The van der Waals surface area contributed by atoms with Crippen LogP contribution < -0.4 is 10.6 Å². The maximum absolute atomic E-state index is 12.6. The second kappa shape index (κ2) is 8.81. The number of anilines is 2. The van der Waals surface area contributed by atoms with Crippen molar-refractivity contribution in [2.45, 2.75) is 13.0 Å². The summed E-state index contributed by atoms with van der Waals surface area (Å²) in [6, 6.07) is 20.2. The Bertz CT molecular complexity index is 974. The predicted octanol–water partition coefficient (Wildman–Crippen LogP) is 4.29. The fraction of sp³-hybridized carbons (Fsp3) is 0.136. The van der Waals surface area contributed by atoms with Crippen LogP contribution in [0, 0.1) is 0 Å². The summed E-state index contributed by atoms with van der Waals surface area (Å²) in [4.78, 5) is 28.6. The number of hydrogen-bond acceptors (Lipinski definition) is 5. The molecule has 6 heteroatoms. The predicted molar refractivity (Wildman–Crippen MR) is 108 cm³/mol. The van der Waals surface area contributed by atoms with Crippen LogP contribution in [0.2, 0.25) is 0 Å². The standard InChI is InChI=1S/C22H21N3O3/c1-15(16-8-4-3-5-9-16)24-17-12-13-23-20(14-17)21(26)25-19-11-7-6-10-18(19)22(27)28-2/h3-15H,1-2H3,(H,23,24)(H,25,26). The molecular weight excluding hydrogens is 354 g/mol. The quantitative estimate of drug-likeness (QED) is 0.628. The van der Waals surface area contributed by atoms with Crippen LogP contribution in [-0.4, -0.2) is 24.0 Å². The van der Waals surface area contributed by atoms with E-state index in [4.69, 9.17) is 4.74 Å². The van der Waals surface area contributed by atoms with Gasteiger partial charge >= 0.3 is 5.97 Å². The van der Waals surface area contributed by atoms with Crippen molar-refractivity contribution in [1.29, 1.82) is 0 Å². The van der Waals surface area contributed by atoms with Gasteiger partial charge in [-0.2, -0.15) is 0 Å². The SMILES string of the molecule is COC(=O)c1ccccc1NC(=O)c1cc(NC(C)c2ccccc2)ccn1. The number of benzene rings is 2. The largest absolute Gasteiger partial charge is 0.465 e. The Morgan fingerprint density at radius 3 is 2.46 bits per heavy atom. The van der Waals surface area contributed by atoms with Crippen molar-refractivity contribution < 1.29 is 14.3 Å². The molecule has 1 aromatic heterocycles. The number of para-hydroxylation sites is 1. The van der Waals surface area contributed by atoms with E-state index < -0.39 is 11.9 Å². The third-order valence-corrected chi connectivity index (χ3v) is 4.26. The normalized spacial score (nSPS) is 11.4. The highest BCUT2D eigenvalue weighted by molar-refractivity contribution is 6.07. The number of ether oxygens (including phenoxy) is 1. The molecule has 3 rings (SSSR count). The van der Waals surface area contributed by atoms with Crippen LogP contribution in [-0.2, 0) is 4.74 Å². The highest BCUT2D eigenvalue weighted by Gasteiger charge is 2.15. The average molecular weight is 375 g/mol. The molecule has 2 N–H and O–H groups in total. The number of aromatic nitrogens is 1. The van der Waals surface area contributed by atoms with E-state index in [0.29, 0.717) is 5.69 Å². The number of hydrogen-bond donors (Lipinski definition) is 2. The number of esters is 1. The number of nitrogens with one attached hydrogen (secondary N) is 2. The Labute approximate surface area is 163 Å². The molecule has 0 bridgehead atoms. The number of rotatable bonds is 6. The van der Waals surface area contributed by atoms with Crippen LogP contribution in [0.4, 0.5) is 11.4 Å². The molecule has 1 atom stereocenters. The van der Waals surface area contributed by atoms with Gasteiger partial charge in [0.05, 0.1) is 18.4 Å². The summed E-state index contributed by atoms with van der Waals surface area (Å²) in [6.45, 7) is 2.04. The van der Waals surface area contributed by atoms with Crippen LogP contribution in [0.1, 0.15) is 39.4 Å². The van der Waals surface area contributed by atoms with Gasteiger partial charge in [0, 0.05) is 17.9 Å². The molecule has 142 valence electrons. The fourth-order valence-corrected chi connectivity index (χ4v) is 2.79. The zero-order valence-corrected chi connectivity index (χ0v) is 15.7. The smallest absolute Gasteiger partial charge is 0.339 e. The minimum Gasteiger partial charge on any atom is -0.465 e. The fourth-order valence-electron chi connectivity index (χ4n) is 2.79. The molecule has 0 aliphatic rings. The minimum absolute atomic E-state index is 0.0690. The second-order valence-corrected chi connectivity index (χ2v) is 6.20. The second-order valence-electron chi connectivity index (χ2n) is 6.20. The van der Waals surface area contributed by atoms with Gasteiger partial charge in [0.15, 0.2) is 0 Å². The Hall–Kier alpha value is -3.67. The molecule has 1 heterocycles. The first-order valence-electron chi connectivity index (χ1n) is 8.84. The Balaban J connectivity index is 1.75. The summed E-state index contributed by atoms with van der Waals surface area (Å²) in [5, 5.41) is 6.09. The lowest BCUT2D eigenvalue weighted by Gasteiger charge is -2.16. The van der Waals surface area contributed by atoms with E-state index in [1.807, 2.05) is 37.3 Å². The summed E-state index contributed by atoms with van der Waals surface area (Å²) in [6.07, 6.45) is 1.57. The van der Waals surface area contributed by atoms with Crippen LogP contribution in [0.5, 0.6) is 0 Å². The average Bonchev–Trinajstić information content (AvgIpc) is 2.74. The van der Waals surface area contributed by atoms with Gasteiger partial charge in [0.1, 0.15) is 5.69 Å². The first-order chi connectivity index (χ1) is 13.6. The molecule has 0 aliphatic carbocycles. The Morgan fingerprint density at radius 2 is 1.71 bits per heavy atom. The lowest BCUT2D eigenvalue weighted by molar-refractivity contribution is 0.0602. The molecule has 28 heavy (non-hydrogen) atoms. The van der Waals surface area contributed by atoms with Gasteiger partial charge < -0.3 is 15.4 Å². The first-order valence-corrected chi connectivity index (χ1v) is 8.84. The summed E-state index contributed by atoms with van der Waals surface area (Å²) >= 11 is 0. The van der Waals surface area contributed by atoms with Crippen molar-refractivity contribution in [3.63, 3.8) is 0 Å². The van der Waals surface area contributed by atoms with Crippen molar-refractivity contribution >= 4 is 23.3 Å². The molecule has 0 radical (unpaired) electrons. The topological polar surface area (TPSA) is 80.3 Å². The van der Waals surface area contributed by atoms with Gasteiger partial charge in [-0.25, -0.2) is 4.79 Å². The van der Waals surface area contributed by atoms with Crippen LogP contribution in [0.25, 0.3) is 0 Å². The molecule has 6 nitrogen and oxygen atoms in total. The summed E-state index contributed by atoms with van der Waals surface area (Å²) < 4.78 is 4.75. The van der Waals surface area contributed by atoms with Gasteiger partial charge in [0.25, 0.3) is 5.91 Å². The van der Waals surface area contributed by atoms with E-state index in [9.17, 15) is 9.59 Å². The van der Waals surface area contributed by atoms with E-state index in [1.165, 1.54) is 7.11 Å². The molecule has 1 amide bonds. The Morgan fingerprint density at radius 1 is 1.00 bits per heavy atom. The van der Waals surface area contributed by atoms with E-state index in [2.05, 4.69) is 15.6 Å². The van der Waals surface area contributed by atoms with Crippen LogP contribution in [0.3, 0.4) is 0 Å². The number of methoxy groups -OCH3 is 1. The number of pyridine rings is 1. The molecule has 0 fully saturated rings. The molecule has 2 aromatic carbocycles. The summed E-state index contributed by atoms with van der Waals surface area (Å²) in [5.41, 5.74) is 2.81. The van der Waals surface area contributed by atoms with Crippen LogP contribution >= 0.6 is 0 Å². The lowest BCUT2D eigenvalue weighted by atomic mass is 10.1. The third-order valence-electron chi connectivity index (χ3n) is 4.26. The molecule has 0 spiro atoms. The van der Waals surface area contributed by atoms with Crippen molar-refractivity contribution in [2.24, 2.45) is 0 Å². The van der Waals surface area contributed by atoms with Crippen molar-refractivity contribution in [3.05, 3.63) is 89.7 Å². The summed E-state index contributed by atoms with van der Waals surface area (Å²) in [7, 11) is 1.30. The summed E-state index contributed by atoms with van der Waals surface area (Å²) in [5.74, 6) is -0.927. The van der Waals surface area contributed by atoms with Crippen LogP contribution in [0.15, 0.2) is 72.9 Å². The highest BCUT2D eigenvalue weighted by atomic mass is 16.5. The maximum Gasteiger partial charge on any atom is 0.339 e. The van der Waals surface area contributed by atoms with E-state index in [0.717, 1.165) is 11.3 Å². The van der Waals surface area contributed by atoms with E-state index >= 15 is 0 Å². The molecule has 0 saturated carbocycles. The molecule has 0 saturated heterocycles. The maximum atomic E-state index is 12.6. The molecule has 3 aromatic rings. The zero-order valence-electron chi connectivity index (χ0n) is 15.7. The molecule has 0 aliphatic heterocycles. The van der Waals surface area contributed by atoms with Gasteiger partial charge in [-0.1, -0.05) is 42.5 Å². The van der Waals surface area contributed by atoms with Gasteiger partial charge in [-0.05, 0) is 36.8 Å².